The van der Waals surface area contributed by atoms with Crippen LogP contribution in [-0.4, -0.2) is 4.98 Å². The van der Waals surface area contributed by atoms with Crippen LogP contribution in [0.2, 0.25) is 0 Å². The van der Waals surface area contributed by atoms with E-state index in [4.69, 9.17) is 0 Å². The average molecular weight is 185 g/mol. The van der Waals surface area contributed by atoms with E-state index in [2.05, 4.69) is 44.0 Å². The van der Waals surface area contributed by atoms with Gasteiger partial charge in [-0.05, 0) is 29.4 Å². The minimum Gasteiger partial charge on any atom is -0.264 e. The molecular weight excluding hydrogens is 170 g/mol. The molecule has 1 heteroatoms. The Hall–Kier alpha value is -1.37. The van der Waals surface area contributed by atoms with Gasteiger partial charge in [-0.1, -0.05) is 32.0 Å². The molecule has 0 saturated heterocycles. The summed E-state index contributed by atoms with van der Waals surface area (Å²) in [6.45, 7) is 6.55. The van der Waals surface area contributed by atoms with Crippen molar-refractivity contribution in [3.8, 4) is 0 Å². The number of pyridine rings is 1. The second kappa shape index (κ2) is 3.41. The molecule has 0 bridgehead atoms. The number of benzene rings is 1. The number of rotatable bonds is 1. The van der Waals surface area contributed by atoms with Gasteiger partial charge in [-0.3, -0.25) is 4.98 Å². The molecule has 2 aromatic rings. The third-order valence-corrected chi connectivity index (χ3v) is 2.65. The summed E-state index contributed by atoms with van der Waals surface area (Å²) in [7, 11) is 0. The van der Waals surface area contributed by atoms with Gasteiger partial charge >= 0.3 is 0 Å². The Kier molecular flexibility index (Phi) is 2.24. The zero-order valence-corrected chi connectivity index (χ0v) is 8.91. The quantitative estimate of drug-likeness (QED) is 0.660. The fraction of sp³-hybridized carbons (Fsp3) is 0.308. The summed E-state index contributed by atoms with van der Waals surface area (Å²) in [5, 5.41) is 2.56. The normalized spacial score (nSPS) is 11.1. The lowest BCUT2D eigenvalue weighted by Gasteiger charge is -2.07. The molecule has 0 fully saturated rings. The number of aromatic nitrogens is 1. The molecule has 0 aliphatic heterocycles. The fourth-order valence-electron chi connectivity index (χ4n) is 1.69. The third kappa shape index (κ3) is 1.50. The fourth-order valence-corrected chi connectivity index (χ4v) is 1.69. The minimum atomic E-state index is 0.590. The molecule has 14 heavy (non-hydrogen) atoms. The van der Waals surface area contributed by atoms with E-state index in [1.807, 2.05) is 12.4 Å². The highest BCUT2D eigenvalue weighted by Gasteiger charge is 2.02. The van der Waals surface area contributed by atoms with Gasteiger partial charge in [-0.25, -0.2) is 0 Å². The van der Waals surface area contributed by atoms with Crippen molar-refractivity contribution < 1.29 is 0 Å². The van der Waals surface area contributed by atoms with Crippen LogP contribution in [0, 0.1) is 6.92 Å². The molecule has 1 nitrogen and oxygen atoms in total. The molecule has 0 spiro atoms. The highest BCUT2D eigenvalue weighted by Crippen LogP contribution is 2.22. The number of nitrogens with zero attached hydrogens (tertiary/aromatic N) is 1. The van der Waals surface area contributed by atoms with Gasteiger partial charge in [0.05, 0.1) is 0 Å². The predicted molar refractivity (Wildman–Crippen MR) is 60.6 cm³/mol. The van der Waals surface area contributed by atoms with Crippen LogP contribution in [0.15, 0.2) is 30.6 Å². The Morgan fingerprint density at radius 1 is 1.14 bits per heavy atom. The van der Waals surface area contributed by atoms with Gasteiger partial charge in [0.1, 0.15) is 0 Å². The molecule has 72 valence electrons. The Morgan fingerprint density at radius 2 is 1.93 bits per heavy atom. The van der Waals surface area contributed by atoms with Crippen molar-refractivity contribution in [2.24, 2.45) is 0 Å². The molecular formula is C13H15N. The molecule has 1 aromatic heterocycles. The van der Waals surface area contributed by atoms with Crippen molar-refractivity contribution >= 4 is 10.8 Å². The first-order valence-electron chi connectivity index (χ1n) is 5.03. The van der Waals surface area contributed by atoms with Gasteiger partial charge < -0.3 is 0 Å². The highest BCUT2D eigenvalue weighted by atomic mass is 14.6. The van der Waals surface area contributed by atoms with E-state index in [-0.39, 0.29) is 0 Å². The number of hydrogen-bond acceptors (Lipinski definition) is 1. The SMILES string of the molecule is Cc1cncc2ccc(C(C)C)cc12. The van der Waals surface area contributed by atoms with E-state index in [1.54, 1.807) is 0 Å². The Morgan fingerprint density at radius 3 is 2.64 bits per heavy atom. The summed E-state index contributed by atoms with van der Waals surface area (Å²) < 4.78 is 0. The average Bonchev–Trinajstić information content (AvgIpc) is 2.18. The molecule has 0 atom stereocenters. The van der Waals surface area contributed by atoms with Crippen LogP contribution >= 0.6 is 0 Å². The van der Waals surface area contributed by atoms with Gasteiger partial charge in [0.2, 0.25) is 0 Å². The molecule has 0 N–H and O–H groups in total. The van der Waals surface area contributed by atoms with Crippen LogP contribution in [0.5, 0.6) is 0 Å². The van der Waals surface area contributed by atoms with Crippen LogP contribution in [0.1, 0.15) is 30.9 Å². The Labute approximate surface area is 84.8 Å². The van der Waals surface area contributed by atoms with Gasteiger partial charge in [-0.15, -0.1) is 0 Å². The standard InChI is InChI=1S/C13H15N/c1-9(2)11-4-5-12-8-14-7-10(3)13(12)6-11/h4-9H,1-3H3. The topological polar surface area (TPSA) is 12.9 Å². The predicted octanol–water partition coefficient (Wildman–Crippen LogP) is 3.67. The minimum absolute atomic E-state index is 0.590. The lowest BCUT2D eigenvalue weighted by Crippen LogP contribution is -1.88. The molecule has 0 unspecified atom stereocenters. The summed E-state index contributed by atoms with van der Waals surface area (Å²) >= 11 is 0. The van der Waals surface area contributed by atoms with Crippen molar-refractivity contribution in [2.75, 3.05) is 0 Å². The molecule has 0 saturated carbocycles. The maximum absolute atomic E-state index is 4.19. The second-order valence-electron chi connectivity index (χ2n) is 4.09. The molecule has 0 aliphatic carbocycles. The van der Waals surface area contributed by atoms with Gasteiger partial charge in [0.15, 0.2) is 0 Å². The first-order valence-corrected chi connectivity index (χ1v) is 5.03. The van der Waals surface area contributed by atoms with Crippen molar-refractivity contribution in [1.29, 1.82) is 0 Å². The van der Waals surface area contributed by atoms with Gasteiger partial charge in [0, 0.05) is 17.8 Å². The van der Waals surface area contributed by atoms with Crippen LogP contribution in [0.25, 0.3) is 10.8 Å². The maximum atomic E-state index is 4.19. The number of fused-ring (bicyclic) bond motifs is 1. The lowest BCUT2D eigenvalue weighted by molar-refractivity contribution is 0.868. The van der Waals surface area contributed by atoms with E-state index in [0.29, 0.717) is 5.92 Å². The summed E-state index contributed by atoms with van der Waals surface area (Å²) in [4.78, 5) is 4.19. The van der Waals surface area contributed by atoms with Crippen LogP contribution < -0.4 is 0 Å². The zero-order valence-electron chi connectivity index (χ0n) is 8.91. The number of aryl methyl sites for hydroxylation is 1. The van der Waals surface area contributed by atoms with Crippen LogP contribution in [0.4, 0.5) is 0 Å². The monoisotopic (exact) mass is 185 g/mol. The third-order valence-electron chi connectivity index (χ3n) is 2.65. The summed E-state index contributed by atoms with van der Waals surface area (Å²) in [6, 6.07) is 6.62. The van der Waals surface area contributed by atoms with Gasteiger partial charge in [-0.2, -0.15) is 0 Å². The lowest BCUT2D eigenvalue weighted by atomic mass is 9.99. The molecule has 0 radical (unpaired) electrons. The summed E-state index contributed by atoms with van der Waals surface area (Å²) in [5.41, 5.74) is 2.65. The van der Waals surface area contributed by atoms with Crippen molar-refractivity contribution in [3.05, 3.63) is 41.7 Å². The van der Waals surface area contributed by atoms with E-state index >= 15 is 0 Å². The maximum Gasteiger partial charge on any atom is 0.0346 e. The molecule has 0 amide bonds. The van der Waals surface area contributed by atoms with E-state index < -0.39 is 0 Å². The first-order chi connectivity index (χ1) is 6.68. The molecule has 1 heterocycles. The van der Waals surface area contributed by atoms with Crippen LogP contribution in [0.3, 0.4) is 0 Å². The van der Waals surface area contributed by atoms with E-state index in [1.165, 1.54) is 21.9 Å². The van der Waals surface area contributed by atoms with Crippen LogP contribution in [-0.2, 0) is 0 Å². The highest BCUT2D eigenvalue weighted by molar-refractivity contribution is 5.85. The second-order valence-corrected chi connectivity index (χ2v) is 4.09. The zero-order chi connectivity index (χ0) is 10.1. The van der Waals surface area contributed by atoms with Crippen molar-refractivity contribution in [1.82, 2.24) is 4.98 Å². The Bertz CT molecular complexity index is 458. The van der Waals surface area contributed by atoms with Crippen molar-refractivity contribution in [3.63, 3.8) is 0 Å². The van der Waals surface area contributed by atoms with Crippen molar-refractivity contribution in [2.45, 2.75) is 26.7 Å². The molecule has 1 aromatic carbocycles. The smallest absolute Gasteiger partial charge is 0.0346 e. The largest absolute Gasteiger partial charge is 0.264 e. The van der Waals surface area contributed by atoms with E-state index in [0.717, 1.165) is 0 Å². The van der Waals surface area contributed by atoms with E-state index in [9.17, 15) is 0 Å². The molecule has 2 rings (SSSR count). The van der Waals surface area contributed by atoms with Gasteiger partial charge in [0.25, 0.3) is 0 Å². The molecule has 0 aliphatic rings. The first kappa shape index (κ1) is 9.20. The summed E-state index contributed by atoms with van der Waals surface area (Å²) in [6.07, 6.45) is 3.85. The summed E-state index contributed by atoms with van der Waals surface area (Å²) in [5.74, 6) is 0.590. The number of hydrogen-bond donors (Lipinski definition) is 0. The Balaban J connectivity index is 2.70.